The van der Waals surface area contributed by atoms with Crippen LogP contribution < -0.4 is 0 Å². The van der Waals surface area contributed by atoms with Gasteiger partial charge in [0.05, 0.1) is 5.69 Å². The van der Waals surface area contributed by atoms with Gasteiger partial charge in [-0.05, 0) is 25.6 Å². The van der Waals surface area contributed by atoms with E-state index in [0.29, 0.717) is 12.2 Å². The van der Waals surface area contributed by atoms with Crippen molar-refractivity contribution >= 4 is 23.6 Å². The number of hydrogen-bond acceptors (Lipinski definition) is 7. The number of aryl methyl sites for hydroxylation is 1. The van der Waals surface area contributed by atoms with Crippen LogP contribution in [0.3, 0.4) is 0 Å². The molecular weight excluding hydrogens is 388 g/mol. The summed E-state index contributed by atoms with van der Waals surface area (Å²) in [6.45, 7) is 5.97. The fraction of sp³-hybridized carbons (Fsp3) is 0.350. The summed E-state index contributed by atoms with van der Waals surface area (Å²) in [4.78, 5) is 33.3. The van der Waals surface area contributed by atoms with Crippen molar-refractivity contribution in [3.63, 3.8) is 0 Å². The molecule has 158 valence electrons. The number of carbonyl (C=O) groups is 2. The van der Waals surface area contributed by atoms with Gasteiger partial charge < -0.3 is 20.0 Å². The lowest BCUT2D eigenvalue weighted by Gasteiger charge is -2.34. The number of likely N-dealkylation sites (N-methyl/N-ethyl adjacent to an activating group) is 1. The summed E-state index contributed by atoms with van der Waals surface area (Å²) in [6.07, 6.45) is 1.89. The fourth-order valence-corrected chi connectivity index (χ4v) is 3.18. The van der Waals surface area contributed by atoms with E-state index in [2.05, 4.69) is 45.1 Å². The predicted molar refractivity (Wildman–Crippen MR) is 110 cm³/mol. The van der Waals surface area contributed by atoms with Gasteiger partial charge in [0.15, 0.2) is 0 Å². The zero-order valence-electron chi connectivity index (χ0n) is 16.9. The quantitative estimate of drug-likeness (QED) is 0.700. The number of rotatable bonds is 2. The highest BCUT2D eigenvalue weighted by Gasteiger charge is 2.25. The van der Waals surface area contributed by atoms with Gasteiger partial charge in [-0.3, -0.25) is 0 Å². The molecule has 0 amide bonds. The number of aliphatic carboxylic acids is 2. The smallest absolute Gasteiger partial charge is 0.328 e. The molecule has 2 aliphatic heterocycles. The normalized spacial score (nSPS) is 16.1. The van der Waals surface area contributed by atoms with Crippen LogP contribution in [0.4, 0.5) is 5.69 Å². The van der Waals surface area contributed by atoms with Crippen molar-refractivity contribution in [2.24, 2.45) is 4.99 Å². The molecule has 0 atom stereocenters. The molecule has 10 heteroatoms. The van der Waals surface area contributed by atoms with Crippen molar-refractivity contribution in [2.75, 3.05) is 33.2 Å². The van der Waals surface area contributed by atoms with Crippen molar-refractivity contribution in [2.45, 2.75) is 13.3 Å². The molecule has 4 rings (SSSR count). The average molecular weight is 412 g/mol. The van der Waals surface area contributed by atoms with E-state index in [0.717, 1.165) is 55.9 Å². The van der Waals surface area contributed by atoms with Crippen molar-refractivity contribution in [1.29, 1.82) is 0 Å². The van der Waals surface area contributed by atoms with Gasteiger partial charge in [0.25, 0.3) is 0 Å². The Morgan fingerprint density at radius 2 is 1.67 bits per heavy atom. The first kappa shape index (κ1) is 21.2. The van der Waals surface area contributed by atoms with E-state index in [4.69, 9.17) is 15.2 Å². The Morgan fingerprint density at radius 1 is 1.03 bits per heavy atom. The molecule has 0 radical (unpaired) electrons. The maximum absolute atomic E-state index is 9.55. The van der Waals surface area contributed by atoms with Crippen LogP contribution >= 0.6 is 0 Å². The molecule has 0 spiro atoms. The van der Waals surface area contributed by atoms with Crippen molar-refractivity contribution < 1.29 is 19.8 Å². The SMILES string of the molecule is Cc1nc2n(n1)C(N1CCN(C)CC1)=Nc1ccccc1C2.O=C(O)C=CC(=O)O. The van der Waals surface area contributed by atoms with Gasteiger partial charge in [-0.25, -0.2) is 19.6 Å². The molecule has 1 aromatic carbocycles. The standard InChI is InChI=1S/C16H20N6.C4H4O4/c1-12-17-15-11-13-5-3-4-6-14(13)18-16(22(15)19-12)21-9-7-20(2)8-10-21;5-3(6)1-2-4(7)8/h3-6H,7-11H2,1-2H3;1-2H,(H,5,6)(H,7,8). The third-order valence-electron chi connectivity index (χ3n) is 4.68. The van der Waals surface area contributed by atoms with E-state index in [1.807, 2.05) is 17.7 Å². The monoisotopic (exact) mass is 412 g/mol. The lowest BCUT2D eigenvalue weighted by Crippen LogP contribution is -2.49. The van der Waals surface area contributed by atoms with E-state index >= 15 is 0 Å². The minimum absolute atomic E-state index is 0.558. The molecule has 2 aliphatic rings. The second kappa shape index (κ2) is 9.31. The van der Waals surface area contributed by atoms with E-state index in [9.17, 15) is 9.59 Å². The topological polar surface area (TPSA) is 124 Å². The van der Waals surface area contributed by atoms with Crippen LogP contribution in [0.2, 0.25) is 0 Å². The van der Waals surface area contributed by atoms with Gasteiger partial charge in [-0.1, -0.05) is 18.2 Å². The Bertz CT molecular complexity index is 973. The van der Waals surface area contributed by atoms with Crippen LogP contribution in [0.1, 0.15) is 17.2 Å². The zero-order valence-corrected chi connectivity index (χ0v) is 16.9. The van der Waals surface area contributed by atoms with Crippen molar-refractivity contribution in [3.8, 4) is 0 Å². The third kappa shape index (κ3) is 5.29. The van der Waals surface area contributed by atoms with Gasteiger partial charge in [-0.2, -0.15) is 4.68 Å². The fourth-order valence-electron chi connectivity index (χ4n) is 3.18. The average Bonchev–Trinajstić information content (AvgIpc) is 2.99. The Labute approximate surface area is 173 Å². The lowest BCUT2D eigenvalue weighted by molar-refractivity contribution is -0.134. The second-order valence-electron chi connectivity index (χ2n) is 7.00. The molecular formula is C20H24N6O4. The minimum atomic E-state index is -1.26. The molecule has 30 heavy (non-hydrogen) atoms. The molecule has 1 saturated heterocycles. The Morgan fingerprint density at radius 3 is 2.30 bits per heavy atom. The van der Waals surface area contributed by atoms with Crippen LogP contribution in [0, 0.1) is 6.92 Å². The summed E-state index contributed by atoms with van der Waals surface area (Å²) in [5.74, 6) is 0.171. The zero-order chi connectivity index (χ0) is 21.7. The van der Waals surface area contributed by atoms with E-state index in [1.54, 1.807) is 0 Å². The summed E-state index contributed by atoms with van der Waals surface area (Å²) in [5.41, 5.74) is 2.24. The first-order valence-electron chi connectivity index (χ1n) is 9.50. The number of piperazine rings is 1. The molecule has 0 unspecified atom stereocenters. The maximum Gasteiger partial charge on any atom is 0.328 e. The molecule has 2 aromatic rings. The van der Waals surface area contributed by atoms with Crippen LogP contribution in [0.5, 0.6) is 0 Å². The molecule has 0 saturated carbocycles. The summed E-state index contributed by atoms with van der Waals surface area (Å²) >= 11 is 0. The number of nitrogens with zero attached hydrogens (tertiary/aromatic N) is 6. The Hall–Kier alpha value is -3.53. The van der Waals surface area contributed by atoms with E-state index < -0.39 is 11.9 Å². The number of fused-ring (bicyclic) bond motifs is 2. The third-order valence-corrected chi connectivity index (χ3v) is 4.68. The summed E-state index contributed by atoms with van der Waals surface area (Å²) < 4.78 is 1.93. The summed E-state index contributed by atoms with van der Waals surface area (Å²) in [5, 5.41) is 20.2. The van der Waals surface area contributed by atoms with Gasteiger partial charge in [0.2, 0.25) is 5.96 Å². The Kier molecular flexibility index (Phi) is 6.58. The summed E-state index contributed by atoms with van der Waals surface area (Å²) in [6, 6.07) is 8.30. The first-order valence-corrected chi connectivity index (χ1v) is 9.50. The number of aromatic nitrogens is 3. The molecule has 3 heterocycles. The van der Waals surface area contributed by atoms with Crippen LogP contribution in [-0.2, 0) is 16.0 Å². The van der Waals surface area contributed by atoms with Crippen LogP contribution in [0.15, 0.2) is 41.4 Å². The van der Waals surface area contributed by atoms with Crippen molar-refractivity contribution in [3.05, 3.63) is 53.6 Å². The first-order chi connectivity index (χ1) is 14.3. The molecule has 10 nitrogen and oxygen atoms in total. The largest absolute Gasteiger partial charge is 0.478 e. The Balaban J connectivity index is 0.000000275. The number of para-hydroxylation sites is 1. The lowest BCUT2D eigenvalue weighted by atomic mass is 10.1. The number of carboxylic acid groups (broad SMARTS) is 2. The maximum atomic E-state index is 9.55. The van der Waals surface area contributed by atoms with E-state index in [-0.39, 0.29) is 0 Å². The number of hydrogen-bond donors (Lipinski definition) is 2. The molecule has 1 aromatic heterocycles. The van der Waals surface area contributed by atoms with Crippen molar-refractivity contribution in [1.82, 2.24) is 24.6 Å². The van der Waals surface area contributed by atoms with Gasteiger partial charge in [0.1, 0.15) is 11.6 Å². The molecule has 0 bridgehead atoms. The van der Waals surface area contributed by atoms with E-state index in [1.165, 1.54) is 5.56 Å². The van der Waals surface area contributed by atoms with Crippen LogP contribution in [0.25, 0.3) is 0 Å². The highest BCUT2D eigenvalue weighted by atomic mass is 16.4. The van der Waals surface area contributed by atoms with Gasteiger partial charge in [-0.15, -0.1) is 5.10 Å². The minimum Gasteiger partial charge on any atom is -0.478 e. The molecule has 1 fully saturated rings. The highest BCUT2D eigenvalue weighted by molar-refractivity contribution is 5.89. The predicted octanol–water partition coefficient (Wildman–Crippen LogP) is 0.986. The van der Waals surface area contributed by atoms with Gasteiger partial charge >= 0.3 is 11.9 Å². The highest BCUT2D eigenvalue weighted by Crippen LogP contribution is 2.25. The number of benzene rings is 1. The number of carboxylic acids is 2. The molecule has 0 aliphatic carbocycles. The van der Waals surface area contributed by atoms with Crippen LogP contribution in [-0.4, -0.2) is 85.9 Å². The molecule has 2 N–H and O–H groups in total. The second-order valence-corrected chi connectivity index (χ2v) is 7.00. The summed E-state index contributed by atoms with van der Waals surface area (Å²) in [7, 11) is 2.16. The van der Waals surface area contributed by atoms with Gasteiger partial charge in [0, 0.05) is 44.8 Å². The number of aliphatic imine (C=N–C) groups is 1.